The molecular formula is C58H56N7O9. The van der Waals surface area contributed by atoms with E-state index in [-0.39, 0.29) is 73.5 Å². The molecule has 6 aromatic carbocycles. The molecule has 1 saturated heterocycles. The second-order valence-corrected chi connectivity index (χ2v) is 20.8. The van der Waals surface area contributed by atoms with Gasteiger partial charge in [-0.2, -0.15) is 0 Å². The van der Waals surface area contributed by atoms with E-state index in [2.05, 4.69) is 16.7 Å². The highest BCUT2D eigenvalue weighted by Gasteiger charge is 2.60. The Morgan fingerprint density at radius 1 is 0.554 bits per heavy atom. The highest BCUT2D eigenvalue weighted by Crippen LogP contribution is 2.44. The topological polar surface area (TPSA) is 177 Å². The molecule has 0 aromatic heterocycles. The van der Waals surface area contributed by atoms with Crippen molar-refractivity contribution < 1.29 is 43.5 Å². The van der Waals surface area contributed by atoms with E-state index in [0.717, 1.165) is 77.5 Å². The highest BCUT2D eigenvalue weighted by atomic mass is 16.5. The van der Waals surface area contributed by atoms with Crippen LogP contribution in [0.5, 0.6) is 5.75 Å². The number of hydrogen-bond acceptors (Lipinski definition) is 11. The quantitative estimate of drug-likeness (QED) is 0.0466. The number of rotatable bonds is 13. The molecule has 0 unspecified atom stereocenters. The molecule has 5 heterocycles. The second-order valence-electron chi connectivity index (χ2n) is 20.8. The molecule has 6 amide bonds. The number of anilines is 4. The average Bonchev–Trinajstić information content (AvgIpc) is 3.52. The van der Waals surface area contributed by atoms with Crippen LogP contribution in [0, 0.1) is 5.21 Å². The zero-order chi connectivity index (χ0) is 52.1. The van der Waals surface area contributed by atoms with Crippen molar-refractivity contribution in [3.8, 4) is 5.75 Å². The molecule has 0 atom stereocenters. The van der Waals surface area contributed by atoms with Gasteiger partial charge in [0.05, 0.1) is 24.0 Å². The lowest BCUT2D eigenvalue weighted by atomic mass is 9.84. The number of piperazine rings is 1. The van der Waals surface area contributed by atoms with Crippen LogP contribution >= 0.6 is 0 Å². The number of benzene rings is 6. The van der Waals surface area contributed by atoms with Gasteiger partial charge in [0.1, 0.15) is 11.3 Å². The summed E-state index contributed by atoms with van der Waals surface area (Å²) >= 11 is 0. The molecule has 0 spiro atoms. The fraction of sp³-hybridized carbons (Fsp3) is 0.328. The van der Waals surface area contributed by atoms with E-state index in [1.165, 1.54) is 47.4 Å². The highest BCUT2D eigenvalue weighted by molar-refractivity contribution is 6.40. The number of nitrogens with zero attached hydrogens (tertiary/aromatic N) is 7. The van der Waals surface area contributed by atoms with Crippen LogP contribution in [0.1, 0.15) is 141 Å². The van der Waals surface area contributed by atoms with E-state index >= 15 is 9.59 Å². The number of carbonyl (C=O) groups is 6. The average molecular weight is 995 g/mol. The summed E-state index contributed by atoms with van der Waals surface area (Å²) in [6.45, 7) is 11.7. The Hall–Kier alpha value is -8.11. The van der Waals surface area contributed by atoms with Crippen LogP contribution in [-0.2, 0) is 5.21 Å². The van der Waals surface area contributed by atoms with Gasteiger partial charge in [-0.25, -0.2) is 9.80 Å². The summed E-state index contributed by atoms with van der Waals surface area (Å²) in [6.07, 6.45) is 5.80. The van der Waals surface area contributed by atoms with Crippen molar-refractivity contribution in [3.05, 3.63) is 141 Å². The summed E-state index contributed by atoms with van der Waals surface area (Å²) in [4.78, 5) is 95.6. The molecule has 16 nitrogen and oxygen atoms in total. The molecule has 1 fully saturated rings. The second kappa shape index (κ2) is 17.8. The number of hydrogen-bond donors (Lipinski definition) is 0. The number of ether oxygens (including phenoxy) is 1. The number of unbranched alkanes of at least 4 members (excludes halogenated alkanes) is 5. The number of methoxy groups -OCH3 is 1. The molecule has 5 aliphatic rings. The molecule has 0 saturated carbocycles. The van der Waals surface area contributed by atoms with E-state index in [0.29, 0.717) is 34.7 Å². The first kappa shape index (κ1) is 48.2. The van der Waals surface area contributed by atoms with Crippen LogP contribution in [-0.4, -0.2) is 107 Å². The van der Waals surface area contributed by atoms with Crippen molar-refractivity contribution in [2.45, 2.75) is 84.2 Å². The first-order valence-corrected chi connectivity index (χ1v) is 25.4. The van der Waals surface area contributed by atoms with Gasteiger partial charge in [0.2, 0.25) is 0 Å². The molecule has 6 aromatic rings. The number of hydroxylamine groups is 3. The summed E-state index contributed by atoms with van der Waals surface area (Å²) in [5.74, 6) is -3.59. The van der Waals surface area contributed by atoms with E-state index in [9.17, 15) is 29.6 Å². The zero-order valence-corrected chi connectivity index (χ0v) is 42.3. The van der Waals surface area contributed by atoms with Gasteiger partial charge in [0.15, 0.2) is 5.54 Å². The van der Waals surface area contributed by atoms with Crippen molar-refractivity contribution in [3.63, 3.8) is 0 Å². The van der Waals surface area contributed by atoms with Crippen LogP contribution in [0.3, 0.4) is 0 Å². The lowest BCUT2D eigenvalue weighted by Gasteiger charge is -2.38. The van der Waals surface area contributed by atoms with Gasteiger partial charge in [-0.3, -0.25) is 38.4 Å². The molecule has 16 heteroatoms. The first-order valence-electron chi connectivity index (χ1n) is 25.4. The third-order valence-corrected chi connectivity index (χ3v) is 16.2. The Kier molecular flexibility index (Phi) is 11.6. The van der Waals surface area contributed by atoms with Gasteiger partial charge in [0, 0.05) is 104 Å². The Morgan fingerprint density at radius 3 is 1.57 bits per heavy atom. The Bertz CT molecular complexity index is 3370. The molecule has 0 bridgehead atoms. The maximum atomic E-state index is 15.0. The smallest absolute Gasteiger partial charge is 0.316 e. The minimum absolute atomic E-state index is 0.0347. The molecule has 5 aliphatic heterocycles. The summed E-state index contributed by atoms with van der Waals surface area (Å²) in [6, 6.07) is 26.9. The molecule has 1 radical (unpaired) electrons. The first-order chi connectivity index (χ1) is 35.5. The largest absolute Gasteiger partial charge is 0.714 e. The van der Waals surface area contributed by atoms with Crippen LogP contribution in [0.2, 0.25) is 0 Å². The van der Waals surface area contributed by atoms with Gasteiger partial charge in [-0.1, -0.05) is 56.2 Å². The van der Waals surface area contributed by atoms with Crippen molar-refractivity contribution in [1.29, 1.82) is 0 Å². The molecule has 74 heavy (non-hydrogen) atoms. The van der Waals surface area contributed by atoms with E-state index in [1.807, 2.05) is 36.4 Å². The summed E-state index contributed by atoms with van der Waals surface area (Å²) in [5, 5.41) is 30.8. The Balaban J connectivity index is 0.967. The zero-order valence-electron chi connectivity index (χ0n) is 42.3. The lowest BCUT2D eigenvalue weighted by Crippen LogP contribution is -2.53. The third kappa shape index (κ3) is 7.16. The minimum Gasteiger partial charge on any atom is -0.714 e. The van der Waals surface area contributed by atoms with Crippen LogP contribution in [0.25, 0.3) is 21.5 Å². The Labute approximate surface area is 428 Å². The number of imide groups is 3. The maximum absolute atomic E-state index is 15.0. The predicted octanol–water partition coefficient (Wildman–Crippen LogP) is 9.36. The maximum Gasteiger partial charge on any atom is 0.316 e. The molecule has 11 rings (SSSR count). The fourth-order valence-electron chi connectivity index (χ4n) is 11.3. The Morgan fingerprint density at radius 2 is 1.04 bits per heavy atom. The van der Waals surface area contributed by atoms with Gasteiger partial charge < -0.3 is 19.7 Å². The molecule has 377 valence electrons. The third-order valence-electron chi connectivity index (χ3n) is 16.2. The van der Waals surface area contributed by atoms with Crippen LogP contribution in [0.4, 0.5) is 22.7 Å². The van der Waals surface area contributed by atoms with E-state index in [1.54, 1.807) is 53.0 Å². The summed E-state index contributed by atoms with van der Waals surface area (Å²) in [5.41, 5.74) is 0.0693. The monoisotopic (exact) mass is 994 g/mol. The number of amides is 6. The molecule has 0 aliphatic carbocycles. The standard InChI is InChI=1S/C58H56N7O9/c1-7-8-9-10-11-12-26-61-51(66)42-20-22-44-49-45(23-21-43(48(42)49)52(61)67)56(71)63(55(44)70)37-32-34(50-64(72)57(2,3)58(4,5)65(50)73)31-36(33-37)62-53(68)40-15-13-14-39-46(25-24-41(47(39)40)54(62)69)60-29-27-59(28-30-60)35-16-18-38(74-6)19-17-35/h13-25,31-33H,7-12,26-30H2,1-6H3. The van der Waals surface area contributed by atoms with Gasteiger partial charge in [-0.05, 0) is 119 Å². The van der Waals surface area contributed by atoms with Crippen LogP contribution < -0.4 is 24.3 Å². The number of amidine groups is 1. The van der Waals surface area contributed by atoms with Crippen LogP contribution in [0.15, 0.2) is 97.1 Å². The van der Waals surface area contributed by atoms with Crippen molar-refractivity contribution in [1.82, 2.24) is 9.96 Å². The van der Waals surface area contributed by atoms with E-state index in [4.69, 9.17) is 4.74 Å². The number of carbonyl (C=O) groups excluding carboxylic acids is 6. The minimum atomic E-state index is -1.28. The van der Waals surface area contributed by atoms with E-state index < -0.39 is 46.5 Å². The van der Waals surface area contributed by atoms with Gasteiger partial charge >= 0.3 is 5.84 Å². The van der Waals surface area contributed by atoms with Gasteiger partial charge in [0.25, 0.3) is 35.4 Å². The van der Waals surface area contributed by atoms with Gasteiger partial charge in [-0.15, -0.1) is 0 Å². The normalized spacial score (nSPS) is 18.0. The SMILES string of the molecule is CCCCCCCCN1C(=O)c2ccc3c4c(ccc(c24)C1=O)C(=O)N(c1cc(C2=[N+]([O-])C(C)(C)C(C)(C)N2[O])cc(N2C(=O)c4cccc5c(N6CCN(c7ccc(OC)cc7)CC6)ccc(c45)C2=O)c1)C3=O. The molecular weight excluding hydrogens is 939 g/mol. The summed E-state index contributed by atoms with van der Waals surface area (Å²) < 4.78 is 5.92. The lowest BCUT2D eigenvalue weighted by molar-refractivity contribution is -0.539. The molecule has 0 N–H and O–H groups in total. The van der Waals surface area contributed by atoms with Crippen molar-refractivity contribution in [2.75, 3.05) is 59.4 Å². The fourth-order valence-corrected chi connectivity index (χ4v) is 11.3. The van der Waals surface area contributed by atoms with Crippen molar-refractivity contribution >= 4 is 85.6 Å². The predicted molar refractivity (Wildman–Crippen MR) is 281 cm³/mol. The summed E-state index contributed by atoms with van der Waals surface area (Å²) in [7, 11) is 1.64. The van der Waals surface area contributed by atoms with Crippen molar-refractivity contribution in [2.24, 2.45) is 0 Å².